The first-order valence-electron chi connectivity index (χ1n) is 13.3. The Labute approximate surface area is 236 Å². The minimum atomic E-state index is -0.469. The molecule has 0 aliphatic carbocycles. The van der Waals surface area contributed by atoms with Crippen LogP contribution >= 0.6 is 0 Å². The lowest BCUT2D eigenvalue weighted by atomic mass is 10.0. The van der Waals surface area contributed by atoms with Crippen molar-refractivity contribution in [1.82, 2.24) is 34.3 Å². The van der Waals surface area contributed by atoms with Gasteiger partial charge in [-0.05, 0) is 49.1 Å². The summed E-state index contributed by atoms with van der Waals surface area (Å²) in [5, 5.41) is 13.0. The maximum absolute atomic E-state index is 14.3. The van der Waals surface area contributed by atoms with Crippen LogP contribution < -0.4 is 10.9 Å². The molecule has 0 saturated heterocycles. The highest BCUT2D eigenvalue weighted by Crippen LogP contribution is 2.26. The fourth-order valence-electron chi connectivity index (χ4n) is 5.09. The van der Waals surface area contributed by atoms with Crippen molar-refractivity contribution in [2.75, 3.05) is 0 Å². The minimum absolute atomic E-state index is 0.207. The molecule has 1 amide bonds. The van der Waals surface area contributed by atoms with Crippen LogP contribution in [0.15, 0.2) is 90.2 Å². The number of amides is 1. The molecule has 0 unspecified atom stereocenters. The van der Waals surface area contributed by atoms with Crippen LogP contribution in [-0.2, 0) is 7.05 Å². The molecule has 6 aromatic rings. The highest BCUT2D eigenvalue weighted by atomic mass is 16.2. The molecule has 4 heterocycles. The third-order valence-corrected chi connectivity index (χ3v) is 7.00. The number of hydrogen-bond acceptors (Lipinski definition) is 5. The lowest BCUT2D eigenvalue weighted by Gasteiger charge is -2.23. The number of carbonyl (C=O) groups is 1. The Morgan fingerprint density at radius 1 is 1.07 bits per heavy atom. The summed E-state index contributed by atoms with van der Waals surface area (Å²) >= 11 is 0. The van der Waals surface area contributed by atoms with Gasteiger partial charge < -0.3 is 5.32 Å². The predicted molar refractivity (Wildman–Crippen MR) is 157 cm³/mol. The molecule has 0 saturated carbocycles. The van der Waals surface area contributed by atoms with Gasteiger partial charge in [0.05, 0.1) is 28.9 Å². The van der Waals surface area contributed by atoms with E-state index in [0.29, 0.717) is 45.7 Å². The number of para-hydroxylation sites is 1. The van der Waals surface area contributed by atoms with Crippen molar-refractivity contribution < 1.29 is 4.79 Å². The van der Waals surface area contributed by atoms with Gasteiger partial charge in [0.2, 0.25) is 0 Å². The van der Waals surface area contributed by atoms with Gasteiger partial charge in [-0.3, -0.25) is 18.8 Å². The number of nitrogens with one attached hydrogen (secondary N) is 1. The molecule has 4 aromatic heterocycles. The smallest absolute Gasteiger partial charge is 0.264 e. The molecule has 1 N–H and O–H groups in total. The Hall–Kier alpha value is -5.49. The molecule has 2 aromatic carbocycles. The minimum Gasteiger partial charge on any atom is -0.344 e. The molecule has 202 valence electrons. The molecule has 41 heavy (non-hydrogen) atoms. The van der Waals surface area contributed by atoms with E-state index in [9.17, 15) is 9.59 Å². The van der Waals surface area contributed by atoms with Crippen molar-refractivity contribution in [3.05, 3.63) is 124 Å². The summed E-state index contributed by atoms with van der Waals surface area (Å²) in [6.07, 6.45) is 7.46. The zero-order chi connectivity index (χ0) is 28.5. The summed E-state index contributed by atoms with van der Waals surface area (Å²) in [4.78, 5) is 32.3. The number of rotatable bonds is 5. The number of benzene rings is 2. The highest BCUT2D eigenvalue weighted by molar-refractivity contribution is 6.01. The lowest BCUT2D eigenvalue weighted by molar-refractivity contribution is 0.0935. The molecular weight excluding hydrogens is 514 g/mol. The second kappa shape index (κ2) is 10.6. The van der Waals surface area contributed by atoms with Gasteiger partial charge in [-0.15, -0.1) is 0 Å². The maximum Gasteiger partial charge on any atom is 0.264 e. The molecule has 0 fully saturated rings. The van der Waals surface area contributed by atoms with Gasteiger partial charge in [-0.2, -0.15) is 10.2 Å². The van der Waals surface area contributed by atoms with Crippen molar-refractivity contribution in [2.45, 2.75) is 26.3 Å². The molecule has 6 rings (SSSR count). The summed E-state index contributed by atoms with van der Waals surface area (Å²) in [6, 6.07) is 18.3. The van der Waals surface area contributed by atoms with Crippen LogP contribution in [0.3, 0.4) is 0 Å². The second-order valence-electron chi connectivity index (χ2n) is 9.75. The monoisotopic (exact) mass is 541 g/mol. The van der Waals surface area contributed by atoms with Crippen LogP contribution in [0.1, 0.15) is 52.3 Å². The van der Waals surface area contributed by atoms with Gasteiger partial charge >= 0.3 is 0 Å². The van der Waals surface area contributed by atoms with E-state index in [2.05, 4.69) is 32.3 Å². The number of pyridine rings is 1. The van der Waals surface area contributed by atoms with Gasteiger partial charge in [-0.25, -0.2) is 9.50 Å². The number of aromatic nitrogens is 6. The van der Waals surface area contributed by atoms with Gasteiger partial charge in [-0.1, -0.05) is 49.1 Å². The number of fused-ring (bicyclic) bond motifs is 2. The van der Waals surface area contributed by atoms with Crippen LogP contribution in [0.4, 0.5) is 0 Å². The van der Waals surface area contributed by atoms with E-state index in [0.717, 1.165) is 10.9 Å². The van der Waals surface area contributed by atoms with E-state index in [-0.39, 0.29) is 11.5 Å². The van der Waals surface area contributed by atoms with E-state index in [1.807, 2.05) is 74.8 Å². The first-order valence-corrected chi connectivity index (χ1v) is 13.3. The Balaban J connectivity index is 1.50. The third-order valence-electron chi connectivity index (χ3n) is 7.00. The van der Waals surface area contributed by atoms with Crippen molar-refractivity contribution in [3.8, 4) is 17.5 Å². The van der Waals surface area contributed by atoms with Crippen LogP contribution in [0.5, 0.6) is 0 Å². The maximum atomic E-state index is 14.3. The SMILES string of the molecule is CC[C@H](NC(=O)c1c(C)nn2cccnc12)c1cc2cccc(C#Cc3cnn(C)c3)c2c(=O)n1-c1ccccc1. The summed E-state index contributed by atoms with van der Waals surface area (Å²) < 4.78 is 4.95. The molecule has 9 heteroatoms. The first-order chi connectivity index (χ1) is 19.9. The number of carbonyl (C=O) groups excluding carboxylic acids is 1. The second-order valence-corrected chi connectivity index (χ2v) is 9.75. The lowest BCUT2D eigenvalue weighted by Crippen LogP contribution is -2.33. The van der Waals surface area contributed by atoms with Crippen LogP contribution in [0.2, 0.25) is 0 Å². The molecule has 0 radical (unpaired) electrons. The number of aryl methyl sites for hydroxylation is 2. The van der Waals surface area contributed by atoms with Gasteiger partial charge in [0, 0.05) is 42.6 Å². The highest BCUT2D eigenvalue weighted by Gasteiger charge is 2.24. The number of hydrogen-bond donors (Lipinski definition) is 1. The Kier molecular flexibility index (Phi) is 6.65. The van der Waals surface area contributed by atoms with Crippen molar-refractivity contribution in [1.29, 1.82) is 0 Å². The summed E-state index contributed by atoms with van der Waals surface area (Å²) in [5.74, 6) is 5.99. The summed E-state index contributed by atoms with van der Waals surface area (Å²) in [6.45, 7) is 3.76. The molecular formula is C32H27N7O2. The predicted octanol–water partition coefficient (Wildman–Crippen LogP) is 4.36. The van der Waals surface area contributed by atoms with Gasteiger partial charge in [0.25, 0.3) is 11.5 Å². The molecule has 0 aliphatic heterocycles. The van der Waals surface area contributed by atoms with Crippen molar-refractivity contribution >= 4 is 22.3 Å². The summed E-state index contributed by atoms with van der Waals surface area (Å²) in [5.41, 5.74) is 4.01. The molecule has 0 bridgehead atoms. The van der Waals surface area contributed by atoms with Crippen molar-refractivity contribution in [3.63, 3.8) is 0 Å². The number of nitrogens with zero attached hydrogens (tertiary/aromatic N) is 6. The Bertz CT molecular complexity index is 2040. The molecule has 0 aliphatic rings. The average Bonchev–Trinajstić information content (AvgIpc) is 3.56. The van der Waals surface area contributed by atoms with Crippen LogP contribution in [-0.4, -0.2) is 34.9 Å². The van der Waals surface area contributed by atoms with E-state index in [4.69, 9.17) is 0 Å². The van der Waals surface area contributed by atoms with Crippen molar-refractivity contribution in [2.24, 2.45) is 7.05 Å². The molecule has 9 nitrogen and oxygen atoms in total. The van der Waals surface area contributed by atoms with Crippen LogP contribution in [0, 0.1) is 18.8 Å². The van der Waals surface area contributed by atoms with E-state index in [1.165, 1.54) is 0 Å². The largest absolute Gasteiger partial charge is 0.344 e. The van der Waals surface area contributed by atoms with Gasteiger partial charge in [0.15, 0.2) is 5.65 Å². The topological polar surface area (TPSA) is 99.1 Å². The third kappa shape index (κ3) is 4.76. The summed E-state index contributed by atoms with van der Waals surface area (Å²) in [7, 11) is 1.83. The molecule has 1 atom stereocenters. The normalized spacial score (nSPS) is 11.8. The zero-order valence-corrected chi connectivity index (χ0v) is 22.9. The van der Waals surface area contributed by atoms with E-state index < -0.39 is 6.04 Å². The van der Waals surface area contributed by atoms with Crippen LogP contribution in [0.25, 0.3) is 22.1 Å². The van der Waals surface area contributed by atoms with E-state index in [1.54, 1.807) is 45.3 Å². The fourth-order valence-corrected chi connectivity index (χ4v) is 5.09. The molecule has 0 spiro atoms. The van der Waals surface area contributed by atoms with E-state index >= 15 is 0 Å². The average molecular weight is 542 g/mol. The fraction of sp³-hybridized carbons (Fsp3) is 0.156. The van der Waals surface area contributed by atoms with Gasteiger partial charge in [0.1, 0.15) is 5.56 Å². The standard InChI is InChI=1S/C32H27N7O2/c1-4-26(35-31(40)28-21(2)36-38-17-9-16-33-30(28)38)27-18-24-11-8-10-23(15-14-22-19-34-37(3)20-22)29(24)32(41)39(27)25-12-6-5-7-13-25/h5-13,16-20,26H,4H2,1-3H3,(H,35,40)/t26-/m0/s1. The Morgan fingerprint density at radius 2 is 1.90 bits per heavy atom. The first kappa shape index (κ1) is 25.8. The Morgan fingerprint density at radius 3 is 2.66 bits per heavy atom. The quantitative estimate of drug-likeness (QED) is 0.327. The zero-order valence-electron chi connectivity index (χ0n) is 22.9.